The Morgan fingerprint density at radius 2 is 1.68 bits per heavy atom. The van der Waals surface area contributed by atoms with E-state index in [1.54, 1.807) is 13.8 Å². The number of carboxylic acids is 2. The van der Waals surface area contributed by atoms with E-state index in [0.717, 1.165) is 0 Å². The summed E-state index contributed by atoms with van der Waals surface area (Å²) in [7, 11) is 0. The maximum Gasteiger partial charge on any atom is 0.341 e. The Labute approximate surface area is 243 Å². The smallest absolute Gasteiger partial charge is 0.341 e. The van der Waals surface area contributed by atoms with Gasteiger partial charge in [-0.1, -0.05) is 48.3 Å². The number of rotatable bonds is 15. The van der Waals surface area contributed by atoms with E-state index in [0.29, 0.717) is 0 Å². The van der Waals surface area contributed by atoms with E-state index in [1.807, 2.05) is 0 Å². The lowest BCUT2D eigenvalue weighted by atomic mass is 9.89. The van der Waals surface area contributed by atoms with Gasteiger partial charge in [0, 0.05) is 12.8 Å². The maximum absolute atomic E-state index is 13.2. The van der Waals surface area contributed by atoms with Crippen LogP contribution >= 0.6 is 23.2 Å². The summed E-state index contributed by atoms with van der Waals surface area (Å²) in [4.78, 5) is 78.0. The highest BCUT2D eigenvalue weighted by atomic mass is 35.5. The van der Waals surface area contributed by atoms with Crippen molar-refractivity contribution in [1.82, 2.24) is 10.6 Å². The molecule has 1 aliphatic heterocycles. The number of benzene rings is 1. The Morgan fingerprint density at radius 3 is 2.22 bits per heavy atom. The number of ketones is 1. The molecule has 0 aromatic heterocycles. The standard InChI is InChI=1S/C25H29Cl2N3O11/c1-12(2)22(29-18(33)6-7-19(34)35)16-9-25(11-31,41-30-16)24(39)28-15(8-20(36)37)17(32)10-40-23(38)21-13(26)4-3-5-14(21)27/h3-5,12,15,22,31H,6-11H2,1-2H3,(H,28,39)(H,29,33)(H,34,35)(H,36,37)/t15-,22-,25?/m0/s1. The van der Waals surface area contributed by atoms with Crippen molar-refractivity contribution in [2.24, 2.45) is 11.1 Å². The van der Waals surface area contributed by atoms with Crippen LogP contribution in [0.5, 0.6) is 0 Å². The summed E-state index contributed by atoms with van der Waals surface area (Å²) in [6, 6.07) is 1.75. The van der Waals surface area contributed by atoms with E-state index >= 15 is 0 Å². The summed E-state index contributed by atoms with van der Waals surface area (Å²) in [6.07, 6.45) is -1.93. The second-order valence-corrected chi connectivity index (χ2v) is 10.3. The fourth-order valence-corrected chi connectivity index (χ4v) is 4.31. The second kappa shape index (κ2) is 14.8. The Bertz CT molecular complexity index is 1220. The molecule has 0 radical (unpaired) electrons. The molecular weight excluding hydrogens is 589 g/mol. The number of Topliss-reactive ketones (excluding diaryl/α,β-unsaturated/α-hetero) is 1. The number of carbonyl (C=O) groups is 6. The summed E-state index contributed by atoms with van der Waals surface area (Å²) in [5.41, 5.74) is -2.12. The molecule has 1 heterocycles. The Hall–Kier alpha value is -3.75. The molecule has 224 valence electrons. The van der Waals surface area contributed by atoms with Crippen LogP contribution in [-0.4, -0.2) is 87.4 Å². The van der Waals surface area contributed by atoms with E-state index in [9.17, 15) is 39.0 Å². The molecule has 0 fully saturated rings. The first kappa shape index (κ1) is 33.5. The average Bonchev–Trinajstić information content (AvgIpc) is 3.33. The van der Waals surface area contributed by atoms with Gasteiger partial charge in [-0.2, -0.15) is 0 Å². The molecule has 2 amide bonds. The molecule has 2 rings (SSSR count). The molecule has 5 N–H and O–H groups in total. The van der Waals surface area contributed by atoms with Crippen LogP contribution in [0.4, 0.5) is 0 Å². The van der Waals surface area contributed by atoms with Crippen molar-refractivity contribution in [2.75, 3.05) is 13.2 Å². The van der Waals surface area contributed by atoms with Crippen LogP contribution in [0.3, 0.4) is 0 Å². The van der Waals surface area contributed by atoms with E-state index in [4.69, 9.17) is 37.9 Å². The normalized spacial score (nSPS) is 17.6. The zero-order valence-electron chi connectivity index (χ0n) is 22.0. The molecule has 16 heteroatoms. The quantitative estimate of drug-likeness (QED) is 0.176. The number of nitrogens with one attached hydrogen (secondary N) is 2. The van der Waals surface area contributed by atoms with Gasteiger partial charge in [0.15, 0.2) is 12.4 Å². The minimum absolute atomic E-state index is 0.0396. The van der Waals surface area contributed by atoms with Crippen molar-refractivity contribution in [3.8, 4) is 0 Å². The molecule has 0 saturated heterocycles. The predicted octanol–water partition coefficient (Wildman–Crippen LogP) is 1.19. The number of halogens is 2. The third-order valence-corrected chi connectivity index (χ3v) is 6.60. The Kier molecular flexibility index (Phi) is 12.0. The fraction of sp³-hybridized carbons (Fsp3) is 0.480. The van der Waals surface area contributed by atoms with Gasteiger partial charge >= 0.3 is 17.9 Å². The molecule has 0 bridgehead atoms. The van der Waals surface area contributed by atoms with Gasteiger partial charge in [-0.15, -0.1) is 0 Å². The van der Waals surface area contributed by atoms with Gasteiger partial charge in [0.1, 0.15) is 6.04 Å². The zero-order chi connectivity index (χ0) is 30.9. The van der Waals surface area contributed by atoms with Crippen LogP contribution in [0.2, 0.25) is 10.0 Å². The third kappa shape index (κ3) is 9.13. The Balaban J connectivity index is 2.12. The SMILES string of the molecule is CC(C)[C@H](NC(=O)CCC(=O)O)C1=NOC(CO)(C(=O)N[C@@H](CC(=O)O)C(=O)COC(=O)c2c(Cl)cccc2Cl)C1. The minimum Gasteiger partial charge on any atom is -0.481 e. The topological polar surface area (TPSA) is 218 Å². The summed E-state index contributed by atoms with van der Waals surface area (Å²) < 4.78 is 4.94. The lowest BCUT2D eigenvalue weighted by molar-refractivity contribution is -0.152. The predicted molar refractivity (Wildman–Crippen MR) is 143 cm³/mol. The van der Waals surface area contributed by atoms with E-state index in [2.05, 4.69) is 15.8 Å². The molecule has 1 aliphatic rings. The van der Waals surface area contributed by atoms with E-state index in [-0.39, 0.29) is 40.1 Å². The number of aliphatic hydroxyl groups excluding tert-OH is 1. The number of hydrogen-bond donors (Lipinski definition) is 5. The number of amides is 2. The summed E-state index contributed by atoms with van der Waals surface area (Å²) in [5, 5.41) is 36.7. The van der Waals surface area contributed by atoms with Gasteiger partial charge in [0.2, 0.25) is 11.5 Å². The van der Waals surface area contributed by atoms with Gasteiger partial charge in [0.25, 0.3) is 5.91 Å². The lowest BCUT2D eigenvalue weighted by Gasteiger charge is -2.27. The summed E-state index contributed by atoms with van der Waals surface area (Å²) >= 11 is 11.9. The highest BCUT2D eigenvalue weighted by molar-refractivity contribution is 6.39. The van der Waals surface area contributed by atoms with Crippen molar-refractivity contribution < 1.29 is 53.7 Å². The average molecular weight is 618 g/mol. The summed E-state index contributed by atoms with van der Waals surface area (Å²) in [5.74, 6) is -6.62. The van der Waals surface area contributed by atoms with Gasteiger partial charge in [-0.05, 0) is 18.1 Å². The first-order valence-electron chi connectivity index (χ1n) is 12.2. The van der Waals surface area contributed by atoms with Crippen molar-refractivity contribution in [3.63, 3.8) is 0 Å². The molecule has 1 unspecified atom stereocenters. The van der Waals surface area contributed by atoms with E-state index < -0.39 is 79.2 Å². The monoisotopic (exact) mass is 617 g/mol. The molecule has 0 saturated carbocycles. The third-order valence-electron chi connectivity index (χ3n) is 5.97. The number of ether oxygens (including phenoxy) is 1. The zero-order valence-corrected chi connectivity index (χ0v) is 23.5. The highest BCUT2D eigenvalue weighted by Crippen LogP contribution is 2.28. The molecule has 1 aromatic carbocycles. The van der Waals surface area contributed by atoms with Crippen LogP contribution in [0.1, 0.15) is 49.9 Å². The molecule has 1 aromatic rings. The molecule has 14 nitrogen and oxygen atoms in total. The summed E-state index contributed by atoms with van der Waals surface area (Å²) in [6.45, 7) is 1.58. The van der Waals surface area contributed by atoms with Crippen molar-refractivity contribution in [3.05, 3.63) is 33.8 Å². The molecule has 0 aliphatic carbocycles. The number of aliphatic carboxylic acids is 2. The van der Waals surface area contributed by atoms with Gasteiger partial charge in [0.05, 0.1) is 46.8 Å². The minimum atomic E-state index is -2.06. The van der Waals surface area contributed by atoms with Gasteiger partial charge < -0.3 is 35.5 Å². The lowest BCUT2D eigenvalue weighted by Crippen LogP contribution is -2.56. The molecular formula is C25H29Cl2N3O11. The van der Waals surface area contributed by atoms with Gasteiger partial charge in [-0.25, -0.2) is 4.79 Å². The number of hydrogen-bond acceptors (Lipinski definition) is 10. The number of aliphatic hydroxyl groups is 1. The second-order valence-electron chi connectivity index (χ2n) is 9.45. The highest BCUT2D eigenvalue weighted by Gasteiger charge is 2.49. The number of nitrogens with zero attached hydrogens (tertiary/aromatic N) is 1. The molecule has 0 spiro atoms. The van der Waals surface area contributed by atoms with Gasteiger partial charge in [-0.3, -0.25) is 24.0 Å². The molecule has 41 heavy (non-hydrogen) atoms. The van der Waals surface area contributed by atoms with Crippen LogP contribution in [0, 0.1) is 5.92 Å². The number of carboxylic acid groups (broad SMARTS) is 2. The number of esters is 1. The first-order valence-corrected chi connectivity index (χ1v) is 13.0. The van der Waals surface area contributed by atoms with Crippen LogP contribution in [0.25, 0.3) is 0 Å². The largest absolute Gasteiger partial charge is 0.481 e. The first-order chi connectivity index (χ1) is 19.2. The number of carbonyl (C=O) groups excluding carboxylic acids is 4. The van der Waals surface area contributed by atoms with Crippen LogP contribution in [0.15, 0.2) is 23.4 Å². The number of oxime groups is 1. The van der Waals surface area contributed by atoms with E-state index in [1.165, 1.54) is 18.2 Å². The van der Waals surface area contributed by atoms with Crippen molar-refractivity contribution in [1.29, 1.82) is 0 Å². The van der Waals surface area contributed by atoms with Crippen molar-refractivity contribution >= 4 is 64.4 Å². The Morgan fingerprint density at radius 1 is 1.05 bits per heavy atom. The van der Waals surface area contributed by atoms with Crippen LogP contribution < -0.4 is 10.6 Å². The maximum atomic E-state index is 13.2. The van der Waals surface area contributed by atoms with Crippen LogP contribution in [-0.2, 0) is 33.5 Å². The fourth-order valence-electron chi connectivity index (χ4n) is 3.76. The molecule has 3 atom stereocenters. The van der Waals surface area contributed by atoms with Crippen molar-refractivity contribution in [2.45, 2.75) is 57.2 Å².